The lowest BCUT2D eigenvalue weighted by Crippen LogP contribution is -2.54. The predicted molar refractivity (Wildman–Crippen MR) is 115 cm³/mol. The largest absolute Gasteiger partial charge is 0.444 e. The average molecular weight is 407 g/mol. The van der Waals surface area contributed by atoms with Crippen molar-refractivity contribution in [2.75, 3.05) is 13.1 Å². The maximum Gasteiger partial charge on any atom is 0.410 e. The summed E-state index contributed by atoms with van der Waals surface area (Å²) in [7, 11) is 0. The standard InChI is InChI=1S/C22H25N5O3/c1-22(2,3)30-21(29)26-12-16(24-25-23)20(28)19(13-26)27-17-10-6-4-8-14(17)15-9-5-7-11-18(15)27/h4-11,16,19-20,28H,12-13H2,1-3H3/t16?,19-,20-/m1/s1. The van der Waals surface area contributed by atoms with Gasteiger partial charge in [-0.05, 0) is 38.4 Å². The first kappa shape index (κ1) is 20.1. The number of amides is 1. The molecule has 156 valence electrons. The summed E-state index contributed by atoms with van der Waals surface area (Å²) in [5, 5.41) is 17.0. The summed E-state index contributed by atoms with van der Waals surface area (Å²) < 4.78 is 7.59. The quantitative estimate of drug-likeness (QED) is 0.380. The highest BCUT2D eigenvalue weighted by molar-refractivity contribution is 6.08. The molecule has 3 atom stereocenters. The minimum absolute atomic E-state index is 0.105. The molecule has 8 heteroatoms. The zero-order chi connectivity index (χ0) is 21.5. The number of rotatable bonds is 2. The molecule has 8 nitrogen and oxygen atoms in total. The fraction of sp³-hybridized carbons (Fsp3) is 0.409. The van der Waals surface area contributed by atoms with E-state index in [0.29, 0.717) is 0 Å². The summed E-state index contributed by atoms with van der Waals surface area (Å²) in [6, 6.07) is 14.7. The number of hydrogen-bond acceptors (Lipinski definition) is 4. The van der Waals surface area contributed by atoms with Crippen molar-refractivity contribution in [1.82, 2.24) is 9.47 Å². The van der Waals surface area contributed by atoms with Crippen LogP contribution in [-0.4, -0.2) is 51.5 Å². The zero-order valence-electron chi connectivity index (χ0n) is 17.3. The monoisotopic (exact) mass is 407 g/mol. The number of fused-ring (bicyclic) bond motifs is 3. The Labute approximate surface area is 174 Å². The normalized spacial score (nSPS) is 22.1. The summed E-state index contributed by atoms with van der Waals surface area (Å²) >= 11 is 0. The van der Waals surface area contributed by atoms with Crippen molar-refractivity contribution in [2.45, 2.75) is 44.6 Å². The van der Waals surface area contributed by atoms with Crippen molar-refractivity contribution < 1.29 is 14.6 Å². The van der Waals surface area contributed by atoms with E-state index in [-0.39, 0.29) is 13.1 Å². The molecule has 1 aromatic heterocycles. The number of carbonyl (C=O) groups is 1. The minimum Gasteiger partial charge on any atom is -0.444 e. The van der Waals surface area contributed by atoms with Gasteiger partial charge in [-0.2, -0.15) is 0 Å². The molecule has 4 rings (SSSR count). The summed E-state index contributed by atoms with van der Waals surface area (Å²) in [6.45, 7) is 5.77. The van der Waals surface area contributed by atoms with E-state index in [0.717, 1.165) is 21.8 Å². The SMILES string of the molecule is CC(C)(C)OC(=O)N1CC(N=[N+]=[N-])[C@@H](O)[C@H](n2c3ccccc3c3ccccc32)C1. The van der Waals surface area contributed by atoms with Crippen LogP contribution in [0.15, 0.2) is 53.6 Å². The van der Waals surface area contributed by atoms with Crippen LogP contribution in [0.5, 0.6) is 0 Å². The van der Waals surface area contributed by atoms with E-state index in [2.05, 4.69) is 10.0 Å². The zero-order valence-corrected chi connectivity index (χ0v) is 17.3. The Morgan fingerprint density at radius 2 is 1.67 bits per heavy atom. The second kappa shape index (κ2) is 7.55. The number of nitrogens with zero attached hydrogens (tertiary/aromatic N) is 5. The minimum atomic E-state index is -0.946. The fourth-order valence-electron chi connectivity index (χ4n) is 4.19. The second-order valence-corrected chi connectivity index (χ2v) is 8.62. The summed E-state index contributed by atoms with van der Waals surface area (Å²) in [6.07, 6.45) is -1.43. The first-order valence-electron chi connectivity index (χ1n) is 9.98. The summed E-state index contributed by atoms with van der Waals surface area (Å²) in [4.78, 5) is 17.2. The number of ether oxygens (including phenoxy) is 1. The Morgan fingerprint density at radius 3 is 2.20 bits per heavy atom. The van der Waals surface area contributed by atoms with Crippen LogP contribution in [-0.2, 0) is 4.74 Å². The highest BCUT2D eigenvalue weighted by Gasteiger charge is 2.40. The summed E-state index contributed by atoms with van der Waals surface area (Å²) in [5.74, 6) is 0. The Hall–Kier alpha value is -3.22. The van der Waals surface area contributed by atoms with E-state index < -0.39 is 29.9 Å². The molecular weight excluding hydrogens is 382 g/mol. The van der Waals surface area contributed by atoms with Gasteiger partial charge in [0, 0.05) is 39.8 Å². The molecule has 1 amide bonds. The second-order valence-electron chi connectivity index (χ2n) is 8.62. The van der Waals surface area contributed by atoms with Crippen LogP contribution in [0, 0.1) is 0 Å². The fourth-order valence-corrected chi connectivity index (χ4v) is 4.19. The number of likely N-dealkylation sites (tertiary alicyclic amines) is 1. The number of aliphatic hydroxyl groups is 1. The van der Waals surface area contributed by atoms with Gasteiger partial charge in [0.05, 0.1) is 18.2 Å². The van der Waals surface area contributed by atoms with E-state index in [1.54, 1.807) is 20.8 Å². The lowest BCUT2D eigenvalue weighted by Gasteiger charge is -2.41. The van der Waals surface area contributed by atoms with Crippen LogP contribution >= 0.6 is 0 Å². The van der Waals surface area contributed by atoms with Crippen LogP contribution in [0.4, 0.5) is 4.79 Å². The van der Waals surface area contributed by atoms with Gasteiger partial charge >= 0.3 is 6.09 Å². The van der Waals surface area contributed by atoms with Gasteiger partial charge in [-0.15, -0.1) is 0 Å². The van der Waals surface area contributed by atoms with Crippen LogP contribution < -0.4 is 0 Å². The van der Waals surface area contributed by atoms with Crippen molar-refractivity contribution in [3.05, 3.63) is 59.0 Å². The lowest BCUT2D eigenvalue weighted by atomic mass is 9.97. The molecule has 1 unspecified atom stereocenters. The van der Waals surface area contributed by atoms with E-state index in [9.17, 15) is 9.90 Å². The first-order valence-corrected chi connectivity index (χ1v) is 9.98. The van der Waals surface area contributed by atoms with Gasteiger partial charge in [0.15, 0.2) is 0 Å². The number of carbonyl (C=O) groups excluding carboxylic acids is 1. The number of azide groups is 1. The van der Waals surface area contributed by atoms with Gasteiger partial charge in [-0.25, -0.2) is 4.79 Å². The van der Waals surface area contributed by atoms with Crippen LogP contribution in [0.25, 0.3) is 32.2 Å². The highest BCUT2D eigenvalue weighted by Crippen LogP contribution is 2.36. The maximum atomic E-state index is 12.8. The number of piperidine rings is 1. The maximum absolute atomic E-state index is 12.8. The molecule has 3 aromatic rings. The van der Waals surface area contributed by atoms with E-state index in [1.807, 2.05) is 53.1 Å². The third-order valence-electron chi connectivity index (χ3n) is 5.40. The van der Waals surface area contributed by atoms with Gasteiger partial charge < -0.3 is 19.3 Å². The average Bonchev–Trinajstić information content (AvgIpc) is 3.03. The van der Waals surface area contributed by atoms with Crippen molar-refractivity contribution in [2.24, 2.45) is 5.11 Å². The molecule has 0 spiro atoms. The Bertz CT molecular complexity index is 1090. The number of para-hydroxylation sites is 2. The first-order chi connectivity index (χ1) is 14.3. The molecular formula is C22H25N5O3. The van der Waals surface area contributed by atoms with Crippen molar-refractivity contribution in [3.63, 3.8) is 0 Å². The Balaban J connectivity index is 1.83. The van der Waals surface area contributed by atoms with Gasteiger partial charge in [-0.1, -0.05) is 41.5 Å². The van der Waals surface area contributed by atoms with Crippen LogP contribution in [0.1, 0.15) is 26.8 Å². The molecule has 2 heterocycles. The molecule has 1 aliphatic heterocycles. The van der Waals surface area contributed by atoms with Gasteiger partial charge in [0.25, 0.3) is 0 Å². The third-order valence-corrected chi connectivity index (χ3v) is 5.40. The molecule has 0 radical (unpaired) electrons. The van der Waals surface area contributed by atoms with E-state index in [1.165, 1.54) is 4.90 Å². The molecule has 1 saturated heterocycles. The number of benzene rings is 2. The number of hydrogen-bond donors (Lipinski definition) is 1. The van der Waals surface area contributed by atoms with Crippen molar-refractivity contribution >= 4 is 27.9 Å². The molecule has 1 aliphatic rings. The van der Waals surface area contributed by atoms with Crippen LogP contribution in [0.3, 0.4) is 0 Å². The molecule has 1 N–H and O–H groups in total. The Morgan fingerprint density at radius 1 is 1.10 bits per heavy atom. The van der Waals surface area contributed by atoms with Gasteiger partial charge in [0.1, 0.15) is 5.60 Å². The third kappa shape index (κ3) is 3.56. The Kier molecular flexibility index (Phi) is 5.05. The molecule has 0 aliphatic carbocycles. The molecule has 2 aromatic carbocycles. The van der Waals surface area contributed by atoms with E-state index in [4.69, 9.17) is 10.3 Å². The lowest BCUT2D eigenvalue weighted by molar-refractivity contribution is -0.0119. The predicted octanol–water partition coefficient (Wildman–Crippen LogP) is 4.63. The topological polar surface area (TPSA) is 103 Å². The molecule has 0 saturated carbocycles. The van der Waals surface area contributed by atoms with E-state index >= 15 is 0 Å². The molecule has 0 bridgehead atoms. The highest BCUT2D eigenvalue weighted by atomic mass is 16.6. The van der Waals surface area contributed by atoms with Crippen molar-refractivity contribution in [3.8, 4) is 0 Å². The number of aliphatic hydroxyl groups excluding tert-OH is 1. The smallest absolute Gasteiger partial charge is 0.410 e. The van der Waals surface area contributed by atoms with Gasteiger partial charge in [-0.3, -0.25) is 0 Å². The van der Waals surface area contributed by atoms with Gasteiger partial charge in [0.2, 0.25) is 0 Å². The summed E-state index contributed by atoms with van der Waals surface area (Å²) in [5.41, 5.74) is 10.3. The molecule has 1 fully saturated rings. The van der Waals surface area contributed by atoms with Crippen molar-refractivity contribution in [1.29, 1.82) is 0 Å². The number of aromatic nitrogens is 1. The van der Waals surface area contributed by atoms with Crippen LogP contribution in [0.2, 0.25) is 0 Å². The molecule has 30 heavy (non-hydrogen) atoms.